The summed E-state index contributed by atoms with van der Waals surface area (Å²) in [6.45, 7) is 5.91. The molecule has 1 rings (SSSR count). The molecule has 1 N–H and O–H groups in total. The van der Waals surface area contributed by atoms with E-state index in [1.165, 1.54) is 0 Å². The third-order valence-electron chi connectivity index (χ3n) is 1.93. The van der Waals surface area contributed by atoms with E-state index in [9.17, 15) is 4.39 Å². The van der Waals surface area contributed by atoms with Crippen molar-refractivity contribution in [3.05, 3.63) is 0 Å². The summed E-state index contributed by atoms with van der Waals surface area (Å²) in [5.74, 6) is 0. The van der Waals surface area contributed by atoms with Gasteiger partial charge in [0.05, 0.1) is 24.9 Å². The Hall–Kier alpha value is -0.190. The van der Waals surface area contributed by atoms with E-state index in [4.69, 9.17) is 9.47 Å². The van der Waals surface area contributed by atoms with Crippen LogP contribution in [0.15, 0.2) is 0 Å². The van der Waals surface area contributed by atoms with Crippen molar-refractivity contribution in [1.29, 1.82) is 0 Å². The molecule has 0 radical (unpaired) electrons. The summed E-state index contributed by atoms with van der Waals surface area (Å²) < 4.78 is 22.5. The molecule has 0 aliphatic carbocycles. The normalized spacial score (nSPS) is 27.5. The highest BCUT2D eigenvalue weighted by Crippen LogP contribution is 2.15. The average Bonchev–Trinajstić information content (AvgIpc) is 2.03. The molecule has 1 saturated heterocycles. The molecule has 0 spiro atoms. The second-order valence-corrected chi connectivity index (χ2v) is 3.89. The van der Waals surface area contributed by atoms with Crippen molar-refractivity contribution in [2.24, 2.45) is 0 Å². The van der Waals surface area contributed by atoms with Gasteiger partial charge in [0.15, 0.2) is 0 Å². The maximum Gasteiger partial charge on any atom is 0.113 e. The lowest BCUT2D eigenvalue weighted by atomic mass is 10.1. The molecule has 3 nitrogen and oxygen atoms in total. The molecule has 0 aromatic heterocycles. The van der Waals surface area contributed by atoms with Gasteiger partial charge in [-0.25, -0.2) is 4.39 Å². The van der Waals surface area contributed by atoms with Gasteiger partial charge in [-0.15, -0.1) is 0 Å². The van der Waals surface area contributed by atoms with E-state index in [1.807, 2.05) is 13.8 Å². The molecule has 1 aliphatic heterocycles. The van der Waals surface area contributed by atoms with Crippen LogP contribution >= 0.6 is 0 Å². The number of ether oxygens (including phenoxy) is 2. The van der Waals surface area contributed by atoms with Gasteiger partial charge in [0.2, 0.25) is 0 Å². The zero-order valence-electron chi connectivity index (χ0n) is 8.31. The standard InChI is InChI=1S/C9H18FNO2/c1-9(2)7-11-5-8(13-9)6-12-4-3-10/h8,11H,3-7H2,1-2H3. The summed E-state index contributed by atoms with van der Waals surface area (Å²) in [6.07, 6.45) is 0.0512. The SMILES string of the molecule is CC1(C)CNCC(COCCF)O1. The van der Waals surface area contributed by atoms with E-state index in [-0.39, 0.29) is 18.3 Å². The van der Waals surface area contributed by atoms with Crippen molar-refractivity contribution in [2.75, 3.05) is 33.0 Å². The molecule has 0 saturated carbocycles. The van der Waals surface area contributed by atoms with Gasteiger partial charge < -0.3 is 14.8 Å². The van der Waals surface area contributed by atoms with Crippen molar-refractivity contribution in [1.82, 2.24) is 5.32 Å². The number of rotatable bonds is 4. The lowest BCUT2D eigenvalue weighted by molar-refractivity contribution is -0.120. The van der Waals surface area contributed by atoms with E-state index >= 15 is 0 Å². The molecular formula is C9H18FNO2. The molecule has 4 heteroatoms. The predicted octanol–water partition coefficient (Wildman–Crippen LogP) is 0.739. The molecule has 78 valence electrons. The zero-order chi connectivity index (χ0) is 9.73. The highest BCUT2D eigenvalue weighted by molar-refractivity contribution is 4.80. The van der Waals surface area contributed by atoms with Crippen LogP contribution in [-0.2, 0) is 9.47 Å². The quantitative estimate of drug-likeness (QED) is 0.665. The Bertz CT molecular complexity index is 153. The van der Waals surface area contributed by atoms with E-state index in [0.29, 0.717) is 6.61 Å². The van der Waals surface area contributed by atoms with Gasteiger partial charge in [0.1, 0.15) is 6.67 Å². The molecule has 1 unspecified atom stereocenters. The fourth-order valence-corrected chi connectivity index (χ4v) is 1.43. The summed E-state index contributed by atoms with van der Waals surface area (Å²) in [6, 6.07) is 0. The third kappa shape index (κ3) is 4.02. The summed E-state index contributed by atoms with van der Waals surface area (Å²) in [5.41, 5.74) is -0.137. The summed E-state index contributed by atoms with van der Waals surface area (Å²) in [7, 11) is 0. The van der Waals surface area contributed by atoms with Crippen molar-refractivity contribution in [3.8, 4) is 0 Å². The van der Waals surface area contributed by atoms with Gasteiger partial charge in [-0.3, -0.25) is 0 Å². The molecule has 0 bridgehead atoms. The maximum absolute atomic E-state index is 11.7. The van der Waals surface area contributed by atoms with Crippen molar-refractivity contribution >= 4 is 0 Å². The molecule has 1 aliphatic rings. The number of halogens is 1. The van der Waals surface area contributed by atoms with Gasteiger partial charge in [-0.1, -0.05) is 0 Å². The van der Waals surface area contributed by atoms with Crippen LogP contribution in [0.2, 0.25) is 0 Å². The molecule has 0 aromatic rings. The van der Waals surface area contributed by atoms with Crippen LogP contribution in [0.5, 0.6) is 0 Å². The Morgan fingerprint density at radius 3 is 3.00 bits per heavy atom. The Kier molecular flexibility index (Phi) is 4.09. The van der Waals surface area contributed by atoms with Gasteiger partial charge in [-0.05, 0) is 13.8 Å². The van der Waals surface area contributed by atoms with Crippen LogP contribution in [0.3, 0.4) is 0 Å². The third-order valence-corrected chi connectivity index (χ3v) is 1.93. The van der Waals surface area contributed by atoms with Crippen molar-refractivity contribution < 1.29 is 13.9 Å². The minimum Gasteiger partial charge on any atom is -0.376 e. The lowest BCUT2D eigenvalue weighted by Gasteiger charge is -2.36. The van der Waals surface area contributed by atoms with Crippen molar-refractivity contribution in [3.63, 3.8) is 0 Å². The smallest absolute Gasteiger partial charge is 0.113 e. The monoisotopic (exact) mass is 191 g/mol. The minimum absolute atomic E-state index is 0.0512. The Labute approximate surface area is 78.6 Å². The summed E-state index contributed by atoms with van der Waals surface area (Å²) in [4.78, 5) is 0. The number of alkyl halides is 1. The second-order valence-electron chi connectivity index (χ2n) is 3.89. The van der Waals surface area contributed by atoms with E-state index in [1.54, 1.807) is 0 Å². The highest BCUT2D eigenvalue weighted by Gasteiger charge is 2.28. The molecular weight excluding hydrogens is 173 g/mol. The Morgan fingerprint density at radius 1 is 1.62 bits per heavy atom. The van der Waals surface area contributed by atoms with Crippen LogP contribution in [0, 0.1) is 0 Å². The number of morpholine rings is 1. The van der Waals surface area contributed by atoms with Gasteiger partial charge >= 0.3 is 0 Å². The van der Waals surface area contributed by atoms with Crippen LogP contribution < -0.4 is 5.32 Å². The summed E-state index contributed by atoms with van der Waals surface area (Å²) >= 11 is 0. The van der Waals surface area contributed by atoms with E-state index in [0.717, 1.165) is 13.1 Å². The van der Waals surface area contributed by atoms with Gasteiger partial charge in [0, 0.05) is 13.1 Å². The Balaban J connectivity index is 2.19. The average molecular weight is 191 g/mol. The van der Waals surface area contributed by atoms with Crippen LogP contribution in [0.25, 0.3) is 0 Å². The second kappa shape index (κ2) is 4.88. The van der Waals surface area contributed by atoms with Gasteiger partial charge in [-0.2, -0.15) is 0 Å². The highest BCUT2D eigenvalue weighted by atomic mass is 19.1. The fourth-order valence-electron chi connectivity index (χ4n) is 1.43. The molecule has 1 heterocycles. The number of hydrogen-bond acceptors (Lipinski definition) is 3. The largest absolute Gasteiger partial charge is 0.376 e. The number of hydrogen-bond donors (Lipinski definition) is 1. The van der Waals surface area contributed by atoms with E-state index in [2.05, 4.69) is 5.32 Å². The predicted molar refractivity (Wildman–Crippen MR) is 48.6 cm³/mol. The van der Waals surface area contributed by atoms with Crippen LogP contribution in [0.4, 0.5) is 4.39 Å². The first kappa shape index (κ1) is 10.9. The Morgan fingerprint density at radius 2 is 2.38 bits per heavy atom. The molecule has 0 aromatic carbocycles. The molecule has 0 amide bonds. The molecule has 1 fully saturated rings. The topological polar surface area (TPSA) is 30.5 Å². The zero-order valence-corrected chi connectivity index (χ0v) is 8.31. The fraction of sp³-hybridized carbons (Fsp3) is 1.00. The minimum atomic E-state index is -0.427. The molecule has 1 atom stereocenters. The van der Waals surface area contributed by atoms with Crippen LogP contribution in [0.1, 0.15) is 13.8 Å². The van der Waals surface area contributed by atoms with Crippen molar-refractivity contribution in [2.45, 2.75) is 25.6 Å². The maximum atomic E-state index is 11.7. The lowest BCUT2D eigenvalue weighted by Crippen LogP contribution is -2.51. The summed E-state index contributed by atoms with van der Waals surface area (Å²) in [5, 5.41) is 3.25. The van der Waals surface area contributed by atoms with E-state index < -0.39 is 6.67 Å². The number of nitrogens with one attached hydrogen (secondary N) is 1. The van der Waals surface area contributed by atoms with Crippen LogP contribution in [-0.4, -0.2) is 44.7 Å². The first-order valence-electron chi connectivity index (χ1n) is 4.66. The van der Waals surface area contributed by atoms with Gasteiger partial charge in [0.25, 0.3) is 0 Å². The first-order valence-corrected chi connectivity index (χ1v) is 4.66. The first-order chi connectivity index (χ1) is 6.14. The molecule has 13 heavy (non-hydrogen) atoms.